The Balaban J connectivity index is 1.57. The molecule has 3 aliphatic rings. The Labute approximate surface area is 126 Å². The fourth-order valence-electron chi connectivity index (χ4n) is 3.47. The van der Waals surface area contributed by atoms with E-state index in [1.54, 1.807) is 12.4 Å². The first kappa shape index (κ1) is 13.4. The second-order valence-electron chi connectivity index (χ2n) is 6.59. The number of piperidine rings is 1. The molecule has 5 nitrogen and oxygen atoms in total. The molecule has 6 heteroatoms. The van der Waals surface area contributed by atoms with Gasteiger partial charge in [0.25, 0.3) is 0 Å². The predicted molar refractivity (Wildman–Crippen MR) is 81.1 cm³/mol. The van der Waals surface area contributed by atoms with Crippen molar-refractivity contribution >= 4 is 22.6 Å². The van der Waals surface area contributed by atoms with E-state index in [0.29, 0.717) is 0 Å². The first-order valence-electron chi connectivity index (χ1n) is 7.48. The van der Waals surface area contributed by atoms with Crippen molar-refractivity contribution in [2.45, 2.75) is 42.8 Å². The molecule has 1 aromatic rings. The topological polar surface area (TPSA) is 62.3 Å². The van der Waals surface area contributed by atoms with Crippen LogP contribution in [-0.4, -0.2) is 37.2 Å². The van der Waals surface area contributed by atoms with Gasteiger partial charge in [-0.05, 0) is 44.2 Å². The van der Waals surface area contributed by atoms with Crippen LogP contribution in [0.5, 0.6) is 0 Å². The van der Waals surface area contributed by atoms with E-state index >= 15 is 0 Å². The summed E-state index contributed by atoms with van der Waals surface area (Å²) in [6, 6.07) is 1.95. The van der Waals surface area contributed by atoms with Gasteiger partial charge in [-0.1, -0.05) is 0 Å². The summed E-state index contributed by atoms with van der Waals surface area (Å²) in [6.45, 7) is 3.53. The van der Waals surface area contributed by atoms with E-state index in [0.717, 1.165) is 50.0 Å². The van der Waals surface area contributed by atoms with Crippen LogP contribution >= 0.6 is 0 Å². The number of hydrogen-bond acceptors (Lipinski definition) is 3. The summed E-state index contributed by atoms with van der Waals surface area (Å²) in [5.41, 5.74) is 1.46. The summed E-state index contributed by atoms with van der Waals surface area (Å²) in [5, 5.41) is 2.95. The summed E-state index contributed by atoms with van der Waals surface area (Å²) in [7, 11) is -0.909. The molecule has 1 atom stereocenters. The molecule has 1 amide bonds. The minimum absolute atomic E-state index is 0.00966. The van der Waals surface area contributed by atoms with Gasteiger partial charge in [0.2, 0.25) is 5.91 Å². The van der Waals surface area contributed by atoms with Crippen LogP contribution in [0.1, 0.15) is 38.2 Å². The third kappa shape index (κ3) is 1.89. The van der Waals surface area contributed by atoms with Crippen LogP contribution in [0.25, 0.3) is 0 Å². The van der Waals surface area contributed by atoms with Gasteiger partial charge in [0.1, 0.15) is 11.0 Å². The van der Waals surface area contributed by atoms with Crippen LogP contribution in [0.2, 0.25) is 0 Å². The molecule has 21 heavy (non-hydrogen) atoms. The average Bonchev–Trinajstić information content (AvgIpc) is 3.20. The zero-order valence-electron chi connectivity index (χ0n) is 12.1. The zero-order chi connectivity index (χ0) is 14.7. The fourth-order valence-corrected chi connectivity index (χ4v) is 5.06. The van der Waals surface area contributed by atoms with Gasteiger partial charge in [0, 0.05) is 19.3 Å². The van der Waals surface area contributed by atoms with Gasteiger partial charge in [-0.15, -0.1) is 0 Å². The van der Waals surface area contributed by atoms with Gasteiger partial charge in [-0.3, -0.25) is 9.78 Å². The lowest BCUT2D eigenvalue weighted by Gasteiger charge is -2.38. The number of fused-ring (bicyclic) bond motifs is 2. The molecular formula is C15H19N3O2S. The first-order chi connectivity index (χ1) is 10.1. The van der Waals surface area contributed by atoms with E-state index in [1.807, 2.05) is 6.07 Å². The molecule has 0 radical (unpaired) electrons. The van der Waals surface area contributed by atoms with Gasteiger partial charge in [-0.2, -0.15) is 0 Å². The minimum Gasteiger partial charge on any atom is -0.324 e. The van der Waals surface area contributed by atoms with Crippen molar-refractivity contribution in [2.24, 2.45) is 0 Å². The maximum Gasteiger partial charge on any atom is 0.235 e. The van der Waals surface area contributed by atoms with Gasteiger partial charge in [-0.25, -0.2) is 8.51 Å². The monoisotopic (exact) mass is 305 g/mol. The summed E-state index contributed by atoms with van der Waals surface area (Å²) >= 11 is 0. The number of nitrogens with zero attached hydrogens (tertiary/aromatic N) is 2. The lowest BCUT2D eigenvalue weighted by Crippen LogP contribution is -2.48. The molecular weight excluding hydrogens is 286 g/mol. The highest BCUT2D eigenvalue weighted by Crippen LogP contribution is 2.47. The van der Waals surface area contributed by atoms with Gasteiger partial charge in [0.05, 0.1) is 22.0 Å². The van der Waals surface area contributed by atoms with Crippen LogP contribution in [-0.2, 0) is 21.2 Å². The van der Waals surface area contributed by atoms with Crippen molar-refractivity contribution in [1.82, 2.24) is 9.29 Å². The number of amides is 1. The molecule has 1 spiro atoms. The maximum absolute atomic E-state index is 12.5. The molecule has 3 heterocycles. The number of pyridine rings is 1. The quantitative estimate of drug-likeness (QED) is 0.902. The average molecular weight is 305 g/mol. The summed E-state index contributed by atoms with van der Waals surface area (Å²) in [4.78, 5) is 16.5. The fraction of sp³-hybridized carbons (Fsp3) is 0.600. The van der Waals surface area contributed by atoms with E-state index in [4.69, 9.17) is 0 Å². The van der Waals surface area contributed by atoms with Gasteiger partial charge in [0.15, 0.2) is 0 Å². The molecule has 1 saturated heterocycles. The standard InChI is InChI=1S/C15H19N3O2S/c1-14(3-4-14)21(20)18-8-5-15(6-9-18)11-2-7-16-10-12(11)17-13(15)19/h2,7,10H,3-6,8-9H2,1H3,(H,17,19). The largest absolute Gasteiger partial charge is 0.324 e. The SMILES string of the molecule is CC1(S(=O)N2CCC3(CC2)C(=O)Nc2cnccc23)CC1. The van der Waals surface area contributed by atoms with Crippen LogP contribution in [0.15, 0.2) is 18.5 Å². The summed E-state index contributed by atoms with van der Waals surface area (Å²) in [5.74, 6) is 0.0774. The second kappa shape index (κ2) is 4.36. The van der Waals surface area contributed by atoms with Crippen molar-refractivity contribution in [1.29, 1.82) is 0 Å². The van der Waals surface area contributed by atoms with Crippen molar-refractivity contribution in [3.05, 3.63) is 24.0 Å². The number of carbonyl (C=O) groups is 1. The molecule has 1 aromatic heterocycles. The highest BCUT2D eigenvalue weighted by molar-refractivity contribution is 7.84. The Morgan fingerprint density at radius 1 is 1.29 bits per heavy atom. The molecule has 2 aliphatic heterocycles. The number of nitrogens with one attached hydrogen (secondary N) is 1. The molecule has 1 saturated carbocycles. The number of carbonyl (C=O) groups excluding carboxylic acids is 1. The zero-order valence-corrected chi connectivity index (χ0v) is 12.9. The number of hydrogen-bond donors (Lipinski definition) is 1. The number of rotatable bonds is 2. The van der Waals surface area contributed by atoms with E-state index < -0.39 is 16.4 Å². The second-order valence-corrected chi connectivity index (χ2v) is 8.59. The normalized spacial score (nSPS) is 27.2. The van der Waals surface area contributed by atoms with Crippen molar-refractivity contribution in [2.75, 3.05) is 18.4 Å². The first-order valence-corrected chi connectivity index (χ1v) is 8.59. The van der Waals surface area contributed by atoms with E-state index in [2.05, 4.69) is 21.5 Å². The van der Waals surface area contributed by atoms with E-state index in [1.165, 1.54) is 0 Å². The van der Waals surface area contributed by atoms with Crippen LogP contribution in [0, 0.1) is 0 Å². The molecule has 1 aliphatic carbocycles. The van der Waals surface area contributed by atoms with Crippen LogP contribution in [0.3, 0.4) is 0 Å². The summed E-state index contributed by atoms with van der Waals surface area (Å²) < 4.78 is 14.6. The molecule has 0 aromatic carbocycles. The van der Waals surface area contributed by atoms with Gasteiger partial charge < -0.3 is 5.32 Å². The molecule has 0 bridgehead atoms. The molecule has 1 unspecified atom stereocenters. The highest BCUT2D eigenvalue weighted by atomic mass is 32.2. The Kier molecular flexibility index (Phi) is 2.78. The Morgan fingerprint density at radius 2 is 2.00 bits per heavy atom. The molecule has 4 rings (SSSR count). The van der Waals surface area contributed by atoms with Crippen molar-refractivity contribution in [3.63, 3.8) is 0 Å². The van der Waals surface area contributed by atoms with E-state index in [-0.39, 0.29) is 10.7 Å². The molecule has 1 N–H and O–H groups in total. The lowest BCUT2D eigenvalue weighted by molar-refractivity contribution is -0.122. The third-order valence-electron chi connectivity index (χ3n) is 5.21. The lowest BCUT2D eigenvalue weighted by atomic mass is 9.74. The highest BCUT2D eigenvalue weighted by Gasteiger charge is 2.52. The smallest absolute Gasteiger partial charge is 0.235 e. The molecule has 112 valence electrons. The Morgan fingerprint density at radius 3 is 2.67 bits per heavy atom. The van der Waals surface area contributed by atoms with Crippen LogP contribution < -0.4 is 5.32 Å². The van der Waals surface area contributed by atoms with E-state index in [9.17, 15) is 9.00 Å². The van der Waals surface area contributed by atoms with Crippen molar-refractivity contribution < 1.29 is 9.00 Å². The summed E-state index contributed by atoms with van der Waals surface area (Å²) in [6.07, 6.45) is 7.04. The van der Waals surface area contributed by atoms with Gasteiger partial charge >= 0.3 is 0 Å². The maximum atomic E-state index is 12.5. The number of anilines is 1. The molecule has 2 fully saturated rings. The minimum atomic E-state index is -0.909. The Bertz CT molecular complexity index is 634. The predicted octanol–water partition coefficient (Wildman–Crippen LogP) is 1.58. The van der Waals surface area contributed by atoms with Crippen LogP contribution in [0.4, 0.5) is 5.69 Å². The van der Waals surface area contributed by atoms with Crippen molar-refractivity contribution in [3.8, 4) is 0 Å². The number of aromatic nitrogens is 1. The Hall–Kier alpha value is -1.27. The third-order valence-corrected chi connectivity index (χ3v) is 7.29.